The fourth-order valence-corrected chi connectivity index (χ4v) is 3.53. The highest BCUT2D eigenvalue weighted by molar-refractivity contribution is 7.99. The van der Waals surface area contributed by atoms with Crippen LogP contribution in [0.15, 0.2) is 28.2 Å². The van der Waals surface area contributed by atoms with Crippen molar-refractivity contribution in [2.75, 3.05) is 12.9 Å². The minimum Gasteiger partial charge on any atom is -0.465 e. The Morgan fingerprint density at radius 3 is 2.81 bits per heavy atom. The SMILES string of the molecule is CCCCn1c(SCC(=O)NC2CC2)nc2cc(C(=O)OC)ccc2c1=O. The molecule has 1 aliphatic rings. The topological polar surface area (TPSA) is 90.3 Å². The number of benzene rings is 1. The van der Waals surface area contributed by atoms with Gasteiger partial charge in [0, 0.05) is 12.6 Å². The molecule has 2 aromatic rings. The van der Waals surface area contributed by atoms with Gasteiger partial charge in [-0.05, 0) is 37.5 Å². The fourth-order valence-electron chi connectivity index (χ4n) is 2.70. The van der Waals surface area contributed by atoms with Gasteiger partial charge >= 0.3 is 5.97 Å². The molecule has 3 rings (SSSR count). The number of amides is 1. The van der Waals surface area contributed by atoms with E-state index in [0.717, 1.165) is 25.7 Å². The zero-order valence-electron chi connectivity index (χ0n) is 15.5. The minimum atomic E-state index is -0.480. The molecule has 7 nitrogen and oxygen atoms in total. The molecule has 1 saturated carbocycles. The quantitative estimate of drug-likeness (QED) is 0.423. The number of hydrogen-bond donors (Lipinski definition) is 1. The second-order valence-electron chi connectivity index (χ2n) is 6.56. The van der Waals surface area contributed by atoms with Crippen molar-refractivity contribution in [2.45, 2.75) is 50.4 Å². The Labute approximate surface area is 161 Å². The largest absolute Gasteiger partial charge is 0.465 e. The highest BCUT2D eigenvalue weighted by Gasteiger charge is 2.23. The van der Waals surface area contributed by atoms with Crippen LogP contribution in [-0.2, 0) is 16.1 Å². The summed E-state index contributed by atoms with van der Waals surface area (Å²) in [5, 5.41) is 3.88. The van der Waals surface area contributed by atoms with Crippen LogP contribution >= 0.6 is 11.8 Å². The van der Waals surface area contributed by atoms with Crippen molar-refractivity contribution < 1.29 is 14.3 Å². The molecule has 1 amide bonds. The number of rotatable bonds is 8. The molecule has 144 valence electrons. The zero-order chi connectivity index (χ0) is 19.4. The molecular formula is C19H23N3O4S. The van der Waals surface area contributed by atoms with Crippen molar-refractivity contribution in [3.8, 4) is 0 Å². The Kier molecular flexibility index (Phi) is 6.15. The van der Waals surface area contributed by atoms with Crippen molar-refractivity contribution in [1.29, 1.82) is 0 Å². The van der Waals surface area contributed by atoms with Crippen molar-refractivity contribution in [1.82, 2.24) is 14.9 Å². The van der Waals surface area contributed by atoms with Crippen LogP contribution in [0, 0.1) is 0 Å². The average Bonchev–Trinajstić information content (AvgIpc) is 3.48. The number of unbranched alkanes of at least 4 members (excludes halogenated alkanes) is 1. The molecule has 1 aliphatic carbocycles. The maximum atomic E-state index is 12.9. The lowest BCUT2D eigenvalue weighted by Crippen LogP contribution is -2.28. The molecule has 1 aromatic heterocycles. The smallest absolute Gasteiger partial charge is 0.337 e. The highest BCUT2D eigenvalue weighted by atomic mass is 32.2. The number of carbonyl (C=O) groups excluding carboxylic acids is 2. The normalized spacial score (nSPS) is 13.6. The number of carbonyl (C=O) groups is 2. The zero-order valence-corrected chi connectivity index (χ0v) is 16.3. The molecule has 0 aliphatic heterocycles. The first-order valence-corrected chi connectivity index (χ1v) is 10.1. The summed E-state index contributed by atoms with van der Waals surface area (Å²) >= 11 is 1.25. The van der Waals surface area contributed by atoms with E-state index >= 15 is 0 Å². The number of fused-ring (bicyclic) bond motifs is 1. The van der Waals surface area contributed by atoms with Crippen LogP contribution in [0.2, 0.25) is 0 Å². The van der Waals surface area contributed by atoms with E-state index in [2.05, 4.69) is 17.2 Å². The Morgan fingerprint density at radius 2 is 2.15 bits per heavy atom. The lowest BCUT2D eigenvalue weighted by atomic mass is 10.1. The Morgan fingerprint density at radius 1 is 1.37 bits per heavy atom. The number of hydrogen-bond acceptors (Lipinski definition) is 6. The molecular weight excluding hydrogens is 366 g/mol. The first-order chi connectivity index (χ1) is 13.0. The van der Waals surface area contributed by atoms with Crippen LogP contribution in [0.5, 0.6) is 0 Å². The maximum absolute atomic E-state index is 12.9. The van der Waals surface area contributed by atoms with Gasteiger partial charge in [0.15, 0.2) is 5.16 Å². The van der Waals surface area contributed by atoms with Gasteiger partial charge in [-0.3, -0.25) is 14.2 Å². The Balaban J connectivity index is 1.94. The molecule has 1 N–H and O–H groups in total. The third kappa shape index (κ3) is 4.68. The molecule has 0 radical (unpaired) electrons. The molecule has 1 aromatic carbocycles. The van der Waals surface area contributed by atoms with Crippen molar-refractivity contribution >= 4 is 34.5 Å². The van der Waals surface area contributed by atoms with Gasteiger partial charge in [0.25, 0.3) is 5.56 Å². The summed E-state index contributed by atoms with van der Waals surface area (Å²) in [5.74, 6) is -0.328. The summed E-state index contributed by atoms with van der Waals surface area (Å²) in [6.07, 6.45) is 3.84. The summed E-state index contributed by atoms with van der Waals surface area (Å²) in [6, 6.07) is 5.03. The van der Waals surface area contributed by atoms with Gasteiger partial charge in [0.05, 0.1) is 29.3 Å². The van der Waals surface area contributed by atoms with Gasteiger partial charge in [-0.2, -0.15) is 0 Å². The van der Waals surface area contributed by atoms with Gasteiger partial charge in [-0.25, -0.2) is 9.78 Å². The summed E-state index contributed by atoms with van der Waals surface area (Å²) < 4.78 is 6.36. The Hall–Kier alpha value is -2.35. The molecule has 0 unspecified atom stereocenters. The number of ether oxygens (including phenoxy) is 1. The van der Waals surface area contributed by atoms with Crippen LogP contribution in [-0.4, -0.2) is 40.3 Å². The van der Waals surface area contributed by atoms with Crippen LogP contribution in [0.1, 0.15) is 43.0 Å². The average molecular weight is 389 g/mol. The second-order valence-corrected chi connectivity index (χ2v) is 7.50. The van der Waals surface area contributed by atoms with Crippen molar-refractivity contribution in [2.24, 2.45) is 0 Å². The number of nitrogens with zero attached hydrogens (tertiary/aromatic N) is 2. The standard InChI is InChI=1S/C19H23N3O4S/c1-3-4-9-22-17(24)14-8-5-12(18(25)26-2)10-15(14)21-19(22)27-11-16(23)20-13-6-7-13/h5,8,10,13H,3-4,6-7,9,11H2,1-2H3,(H,20,23). The van der Waals surface area contributed by atoms with Crippen LogP contribution in [0.4, 0.5) is 0 Å². The number of thioether (sulfide) groups is 1. The summed E-state index contributed by atoms with van der Waals surface area (Å²) in [7, 11) is 1.31. The predicted octanol–water partition coefficient (Wildman–Crippen LogP) is 2.35. The van der Waals surface area contributed by atoms with Gasteiger partial charge in [0.1, 0.15) is 0 Å². The highest BCUT2D eigenvalue weighted by Crippen LogP contribution is 2.22. The molecule has 0 atom stereocenters. The minimum absolute atomic E-state index is 0.0535. The van der Waals surface area contributed by atoms with E-state index < -0.39 is 5.97 Å². The third-order valence-corrected chi connectivity index (χ3v) is 5.33. The monoisotopic (exact) mass is 389 g/mol. The van der Waals surface area contributed by atoms with Crippen LogP contribution in [0.25, 0.3) is 10.9 Å². The van der Waals surface area contributed by atoms with Crippen molar-refractivity contribution in [3.05, 3.63) is 34.1 Å². The molecule has 0 saturated heterocycles. The van der Waals surface area contributed by atoms with E-state index in [1.807, 2.05) is 0 Å². The molecule has 1 heterocycles. The third-order valence-electron chi connectivity index (χ3n) is 4.35. The number of methoxy groups -OCH3 is 1. The summed E-state index contributed by atoms with van der Waals surface area (Å²) in [4.78, 5) is 41.3. The van der Waals surface area contributed by atoms with Gasteiger partial charge in [-0.15, -0.1) is 0 Å². The molecule has 0 bridgehead atoms. The lowest BCUT2D eigenvalue weighted by Gasteiger charge is -2.13. The van der Waals surface area contributed by atoms with E-state index in [4.69, 9.17) is 4.74 Å². The van der Waals surface area contributed by atoms with Gasteiger partial charge in [0.2, 0.25) is 5.91 Å². The van der Waals surface area contributed by atoms with E-state index in [0.29, 0.717) is 34.2 Å². The number of nitrogens with one attached hydrogen (secondary N) is 1. The van der Waals surface area contributed by atoms with E-state index in [1.165, 1.54) is 18.9 Å². The molecule has 27 heavy (non-hydrogen) atoms. The van der Waals surface area contributed by atoms with Gasteiger partial charge in [-0.1, -0.05) is 25.1 Å². The second kappa shape index (κ2) is 8.56. The fraction of sp³-hybridized carbons (Fsp3) is 0.474. The predicted molar refractivity (Wildman–Crippen MR) is 104 cm³/mol. The number of esters is 1. The lowest BCUT2D eigenvalue weighted by molar-refractivity contribution is -0.118. The van der Waals surface area contributed by atoms with E-state index in [1.54, 1.807) is 22.8 Å². The first-order valence-electron chi connectivity index (χ1n) is 9.08. The van der Waals surface area contributed by atoms with Crippen LogP contribution < -0.4 is 10.9 Å². The van der Waals surface area contributed by atoms with Crippen molar-refractivity contribution in [3.63, 3.8) is 0 Å². The maximum Gasteiger partial charge on any atom is 0.337 e. The summed E-state index contributed by atoms with van der Waals surface area (Å²) in [5.41, 5.74) is 0.612. The van der Waals surface area contributed by atoms with Crippen LogP contribution in [0.3, 0.4) is 0 Å². The molecule has 0 spiro atoms. The van der Waals surface area contributed by atoms with Gasteiger partial charge < -0.3 is 10.1 Å². The Bertz CT molecular complexity index is 921. The molecule has 8 heteroatoms. The molecule has 1 fully saturated rings. The first kappa shape index (κ1) is 19.4. The van der Waals surface area contributed by atoms with E-state index in [-0.39, 0.29) is 17.2 Å². The van der Waals surface area contributed by atoms with E-state index in [9.17, 15) is 14.4 Å². The summed E-state index contributed by atoms with van der Waals surface area (Å²) in [6.45, 7) is 2.60. The number of aromatic nitrogens is 2.